The van der Waals surface area contributed by atoms with Crippen molar-refractivity contribution < 1.29 is 18.0 Å². The van der Waals surface area contributed by atoms with Crippen LogP contribution in [-0.4, -0.2) is 59.7 Å². The summed E-state index contributed by atoms with van der Waals surface area (Å²) in [7, 11) is 0. The Balaban J connectivity index is 1.58. The van der Waals surface area contributed by atoms with E-state index >= 15 is 0 Å². The van der Waals surface area contributed by atoms with Gasteiger partial charge in [-0.1, -0.05) is 0 Å². The summed E-state index contributed by atoms with van der Waals surface area (Å²) in [6.07, 6.45) is -0.0303. The van der Waals surface area contributed by atoms with Crippen molar-refractivity contribution in [2.75, 3.05) is 38.0 Å². The van der Waals surface area contributed by atoms with Crippen molar-refractivity contribution in [1.29, 1.82) is 0 Å². The van der Waals surface area contributed by atoms with E-state index in [1.165, 1.54) is 4.90 Å². The molecule has 128 valence electrons. The Kier molecular flexibility index (Phi) is 6.14. The van der Waals surface area contributed by atoms with Crippen molar-refractivity contribution in [1.82, 2.24) is 20.2 Å². The highest BCUT2D eigenvalue weighted by atomic mass is 19.4. The van der Waals surface area contributed by atoms with E-state index < -0.39 is 12.7 Å². The van der Waals surface area contributed by atoms with Crippen molar-refractivity contribution in [3.8, 4) is 0 Å². The number of hydrogen-bond acceptors (Lipinski definition) is 5. The van der Waals surface area contributed by atoms with Gasteiger partial charge >= 0.3 is 6.18 Å². The lowest BCUT2D eigenvalue weighted by Gasteiger charge is -2.18. The third-order valence-corrected chi connectivity index (χ3v) is 3.56. The number of nitrogens with one attached hydrogen (secondary N) is 2. The van der Waals surface area contributed by atoms with Gasteiger partial charge in [0.05, 0.1) is 6.54 Å². The number of halogens is 3. The lowest BCUT2D eigenvalue weighted by molar-refractivity contribution is -0.143. The summed E-state index contributed by atoms with van der Waals surface area (Å²) in [5.74, 6) is 0.397. The molecule has 1 amide bonds. The molecule has 9 heteroatoms. The molecular formula is C14H20F3N5O. The molecule has 2 heterocycles. The van der Waals surface area contributed by atoms with Crippen LogP contribution < -0.4 is 10.6 Å². The second-order valence-electron chi connectivity index (χ2n) is 5.56. The van der Waals surface area contributed by atoms with E-state index in [2.05, 4.69) is 20.6 Å². The molecule has 0 spiro atoms. The predicted molar refractivity (Wildman–Crippen MR) is 78.8 cm³/mol. The summed E-state index contributed by atoms with van der Waals surface area (Å²) in [5.41, 5.74) is 0. The maximum absolute atomic E-state index is 12.3. The summed E-state index contributed by atoms with van der Waals surface area (Å²) in [6.45, 7) is 0.733. The van der Waals surface area contributed by atoms with Crippen LogP contribution in [0.3, 0.4) is 0 Å². The fourth-order valence-corrected chi connectivity index (χ4v) is 2.50. The zero-order valence-corrected chi connectivity index (χ0v) is 12.6. The molecule has 1 aliphatic heterocycles. The Labute approximate surface area is 132 Å². The molecule has 1 aromatic heterocycles. The van der Waals surface area contributed by atoms with Gasteiger partial charge in [0, 0.05) is 38.4 Å². The molecule has 0 aliphatic carbocycles. The molecule has 2 rings (SSSR count). The monoisotopic (exact) mass is 331 g/mol. The summed E-state index contributed by atoms with van der Waals surface area (Å²) >= 11 is 0. The van der Waals surface area contributed by atoms with Crippen LogP contribution in [0.15, 0.2) is 18.5 Å². The number of likely N-dealkylation sites (tertiary alicyclic amines) is 1. The highest BCUT2D eigenvalue weighted by Gasteiger charge is 2.34. The standard InChI is InChI=1S/C14H20F3N5O/c15-14(16,17)10-22-7-3-11(9-22)8-21-12(23)2-6-20-13-18-4-1-5-19-13/h1,4-5,11H,2-3,6-10H2,(H,21,23)(H,18,19,20)/t11-/m1/s1. The molecule has 1 saturated heterocycles. The normalized spacial score (nSPS) is 18.8. The molecule has 0 unspecified atom stereocenters. The zero-order valence-electron chi connectivity index (χ0n) is 12.6. The minimum absolute atomic E-state index is 0.0757. The van der Waals surface area contributed by atoms with E-state index in [0.29, 0.717) is 38.5 Å². The number of hydrogen-bond donors (Lipinski definition) is 2. The van der Waals surface area contributed by atoms with Crippen molar-refractivity contribution in [3.63, 3.8) is 0 Å². The summed E-state index contributed by atoms with van der Waals surface area (Å²) < 4.78 is 36.9. The predicted octanol–water partition coefficient (Wildman–Crippen LogP) is 1.28. The van der Waals surface area contributed by atoms with E-state index in [1.807, 2.05) is 0 Å². The number of nitrogens with zero attached hydrogens (tertiary/aromatic N) is 3. The van der Waals surface area contributed by atoms with Crippen LogP contribution in [0.4, 0.5) is 19.1 Å². The number of amides is 1. The molecule has 0 bridgehead atoms. The highest BCUT2D eigenvalue weighted by molar-refractivity contribution is 5.76. The van der Waals surface area contributed by atoms with Crippen molar-refractivity contribution in [2.45, 2.75) is 19.0 Å². The van der Waals surface area contributed by atoms with Gasteiger partial charge in [0.15, 0.2) is 0 Å². The second kappa shape index (κ2) is 8.09. The van der Waals surface area contributed by atoms with Crippen molar-refractivity contribution in [2.24, 2.45) is 5.92 Å². The van der Waals surface area contributed by atoms with Crippen LogP contribution in [0.25, 0.3) is 0 Å². The average Bonchev–Trinajstić information content (AvgIpc) is 2.92. The van der Waals surface area contributed by atoms with Gasteiger partial charge in [0.2, 0.25) is 11.9 Å². The fraction of sp³-hybridized carbons (Fsp3) is 0.643. The number of rotatable bonds is 7. The molecule has 23 heavy (non-hydrogen) atoms. The van der Waals surface area contributed by atoms with E-state index in [-0.39, 0.29) is 18.2 Å². The molecule has 1 aromatic rings. The topological polar surface area (TPSA) is 70.1 Å². The third kappa shape index (κ3) is 6.81. The molecule has 2 N–H and O–H groups in total. The minimum Gasteiger partial charge on any atom is -0.356 e. The van der Waals surface area contributed by atoms with E-state index in [9.17, 15) is 18.0 Å². The third-order valence-electron chi connectivity index (χ3n) is 3.56. The van der Waals surface area contributed by atoms with Gasteiger partial charge in [0.25, 0.3) is 0 Å². The van der Waals surface area contributed by atoms with Gasteiger partial charge < -0.3 is 10.6 Å². The lowest BCUT2D eigenvalue weighted by atomic mass is 10.1. The van der Waals surface area contributed by atoms with E-state index in [1.54, 1.807) is 18.5 Å². The fourth-order valence-electron chi connectivity index (χ4n) is 2.50. The van der Waals surface area contributed by atoms with Crippen molar-refractivity contribution >= 4 is 11.9 Å². The van der Waals surface area contributed by atoms with Crippen LogP contribution in [0.1, 0.15) is 12.8 Å². The van der Waals surface area contributed by atoms with Crippen LogP contribution in [-0.2, 0) is 4.79 Å². The van der Waals surface area contributed by atoms with Gasteiger partial charge in [-0.15, -0.1) is 0 Å². The van der Waals surface area contributed by atoms with Crippen LogP contribution >= 0.6 is 0 Å². The quantitative estimate of drug-likeness (QED) is 0.788. The summed E-state index contributed by atoms with van der Waals surface area (Å²) in [4.78, 5) is 21.0. The second-order valence-corrected chi connectivity index (χ2v) is 5.56. The van der Waals surface area contributed by atoms with E-state index in [4.69, 9.17) is 0 Å². The molecule has 6 nitrogen and oxygen atoms in total. The Morgan fingerprint density at radius 3 is 2.78 bits per heavy atom. The smallest absolute Gasteiger partial charge is 0.356 e. The Bertz CT molecular complexity index is 497. The number of alkyl halides is 3. The van der Waals surface area contributed by atoms with E-state index in [0.717, 1.165) is 0 Å². The molecule has 1 aliphatic rings. The summed E-state index contributed by atoms with van der Waals surface area (Å²) in [6, 6.07) is 1.70. The maximum Gasteiger partial charge on any atom is 0.401 e. The van der Waals surface area contributed by atoms with Crippen LogP contribution in [0.2, 0.25) is 0 Å². The highest BCUT2D eigenvalue weighted by Crippen LogP contribution is 2.22. The van der Waals surface area contributed by atoms with Gasteiger partial charge in [0.1, 0.15) is 0 Å². The van der Waals surface area contributed by atoms with Gasteiger partial charge in [-0.2, -0.15) is 13.2 Å². The van der Waals surface area contributed by atoms with Crippen LogP contribution in [0, 0.1) is 5.92 Å². The van der Waals surface area contributed by atoms with Gasteiger partial charge in [-0.25, -0.2) is 9.97 Å². The van der Waals surface area contributed by atoms with Gasteiger partial charge in [-0.05, 0) is 24.9 Å². The Morgan fingerprint density at radius 1 is 1.35 bits per heavy atom. The van der Waals surface area contributed by atoms with Gasteiger partial charge in [-0.3, -0.25) is 9.69 Å². The first-order valence-corrected chi connectivity index (χ1v) is 7.49. The minimum atomic E-state index is -4.16. The number of carbonyl (C=O) groups is 1. The lowest BCUT2D eigenvalue weighted by Crippen LogP contribution is -2.35. The molecule has 1 fully saturated rings. The molecule has 0 saturated carbocycles. The SMILES string of the molecule is O=C(CCNc1ncccn1)NC[C@H]1CCN(CC(F)(F)F)C1. The first kappa shape index (κ1) is 17.5. The molecule has 1 atom stereocenters. The Hall–Kier alpha value is -1.90. The molecule has 0 aromatic carbocycles. The first-order valence-electron chi connectivity index (χ1n) is 7.49. The maximum atomic E-state index is 12.3. The largest absolute Gasteiger partial charge is 0.401 e. The molecular weight excluding hydrogens is 311 g/mol. The number of carbonyl (C=O) groups excluding carboxylic acids is 1. The molecule has 0 radical (unpaired) electrons. The number of anilines is 1. The zero-order chi connectivity index (χ0) is 16.7. The van der Waals surface area contributed by atoms with Crippen LogP contribution in [0.5, 0.6) is 0 Å². The number of aromatic nitrogens is 2. The Morgan fingerprint density at radius 2 is 2.09 bits per heavy atom. The average molecular weight is 331 g/mol. The first-order chi connectivity index (χ1) is 10.9. The summed E-state index contributed by atoms with van der Waals surface area (Å²) in [5, 5.41) is 5.69. The van der Waals surface area contributed by atoms with Crippen molar-refractivity contribution in [3.05, 3.63) is 18.5 Å².